The van der Waals surface area contributed by atoms with E-state index in [0.29, 0.717) is 26.1 Å². The molecule has 0 amide bonds. The molecule has 0 aliphatic carbocycles. The summed E-state index contributed by atoms with van der Waals surface area (Å²) < 4.78 is 66.8. The fourth-order valence-electron chi connectivity index (χ4n) is 4.93. The molecule has 3 saturated heterocycles. The summed E-state index contributed by atoms with van der Waals surface area (Å²) >= 11 is 0. The lowest BCUT2D eigenvalue weighted by molar-refractivity contribution is -0.137. The molecule has 3 aliphatic rings. The van der Waals surface area contributed by atoms with Crippen LogP contribution in [0.2, 0.25) is 0 Å². The smallest absolute Gasteiger partial charge is 0.354 e. The number of piperidine rings is 1. The topological polar surface area (TPSA) is 68.8 Å². The Balaban J connectivity index is 1.28. The summed E-state index contributed by atoms with van der Waals surface area (Å²) in [5, 5.41) is 2.98. The summed E-state index contributed by atoms with van der Waals surface area (Å²) in [6.07, 6.45) is 0.880. The van der Waals surface area contributed by atoms with E-state index in [0.717, 1.165) is 56.8 Å². The van der Waals surface area contributed by atoms with E-state index in [-0.39, 0.29) is 18.9 Å². The van der Waals surface area contributed by atoms with Gasteiger partial charge < -0.3 is 15.1 Å². The number of likely N-dealkylation sites (tertiary alicyclic amines) is 1. The first kappa shape index (κ1) is 23.7. The maximum absolute atomic E-state index is 13.2. The Morgan fingerprint density at radius 1 is 1.06 bits per heavy atom. The van der Waals surface area contributed by atoms with Gasteiger partial charge in [0.2, 0.25) is 10.0 Å². The second-order valence-electron chi connectivity index (χ2n) is 9.02. The van der Waals surface area contributed by atoms with E-state index in [1.165, 1.54) is 17.1 Å². The van der Waals surface area contributed by atoms with Crippen LogP contribution in [0.25, 0.3) is 0 Å². The molecule has 0 saturated carbocycles. The van der Waals surface area contributed by atoms with E-state index < -0.39 is 27.0 Å². The Bertz CT molecular complexity index is 868. The van der Waals surface area contributed by atoms with Crippen LogP contribution in [0.4, 0.5) is 19.0 Å². The molecule has 0 aromatic carbocycles. The summed E-state index contributed by atoms with van der Waals surface area (Å²) in [7, 11) is -3.42. The van der Waals surface area contributed by atoms with Crippen LogP contribution in [0, 0.1) is 5.92 Å². The van der Waals surface area contributed by atoms with E-state index in [4.69, 9.17) is 0 Å². The normalized spacial score (nSPS) is 24.8. The third-order valence-electron chi connectivity index (χ3n) is 6.96. The summed E-state index contributed by atoms with van der Waals surface area (Å²) in [5.74, 6) is 0.964. The average Bonchev–Trinajstić information content (AvgIpc) is 3.28. The lowest BCUT2D eigenvalue weighted by Crippen LogP contribution is -2.51. The van der Waals surface area contributed by atoms with Gasteiger partial charge in [-0.05, 0) is 69.9 Å². The van der Waals surface area contributed by atoms with Gasteiger partial charge in [0.15, 0.2) is 0 Å². The van der Waals surface area contributed by atoms with E-state index >= 15 is 0 Å². The number of halogens is 3. The highest BCUT2D eigenvalue weighted by Crippen LogP contribution is 2.31. The first-order valence-electron chi connectivity index (χ1n) is 11.4. The van der Waals surface area contributed by atoms with Crippen molar-refractivity contribution in [1.29, 1.82) is 0 Å². The van der Waals surface area contributed by atoms with Crippen LogP contribution in [-0.2, 0) is 16.2 Å². The maximum Gasteiger partial charge on any atom is 0.416 e. The lowest BCUT2D eigenvalue weighted by Gasteiger charge is -2.36. The van der Waals surface area contributed by atoms with Gasteiger partial charge in [-0.15, -0.1) is 0 Å². The predicted octanol–water partition coefficient (Wildman–Crippen LogP) is 2.02. The predicted molar refractivity (Wildman–Crippen MR) is 117 cm³/mol. The van der Waals surface area contributed by atoms with Gasteiger partial charge >= 0.3 is 6.18 Å². The maximum atomic E-state index is 13.2. The molecular formula is C21H32F3N5O2S. The number of anilines is 1. The fourth-order valence-corrected chi connectivity index (χ4v) is 6.83. The summed E-state index contributed by atoms with van der Waals surface area (Å²) in [6.45, 7) is 5.68. The molecule has 1 aromatic rings. The third kappa shape index (κ3) is 5.55. The van der Waals surface area contributed by atoms with Gasteiger partial charge in [0.25, 0.3) is 0 Å². The zero-order valence-corrected chi connectivity index (χ0v) is 19.0. The zero-order chi connectivity index (χ0) is 22.8. The van der Waals surface area contributed by atoms with Crippen LogP contribution < -0.4 is 10.2 Å². The Hall–Kier alpha value is -1.43. The molecule has 1 unspecified atom stereocenters. The number of piperazine rings is 1. The number of hydrogen-bond acceptors (Lipinski definition) is 6. The van der Waals surface area contributed by atoms with Crippen molar-refractivity contribution in [2.75, 3.05) is 63.8 Å². The second-order valence-corrected chi connectivity index (χ2v) is 11.2. The van der Waals surface area contributed by atoms with Crippen molar-refractivity contribution in [1.82, 2.24) is 19.5 Å². The molecule has 1 aromatic heterocycles. The molecule has 3 fully saturated rings. The Morgan fingerprint density at radius 2 is 1.78 bits per heavy atom. The fraction of sp³-hybridized carbons (Fsp3) is 0.762. The van der Waals surface area contributed by atoms with Gasteiger partial charge in [-0.3, -0.25) is 0 Å². The Labute approximate surface area is 188 Å². The van der Waals surface area contributed by atoms with Gasteiger partial charge in [-0.25, -0.2) is 13.4 Å². The van der Waals surface area contributed by atoms with Gasteiger partial charge in [0.1, 0.15) is 5.82 Å². The molecule has 0 radical (unpaired) electrons. The zero-order valence-electron chi connectivity index (χ0n) is 18.2. The first-order chi connectivity index (χ1) is 15.2. The minimum Gasteiger partial charge on any atom is -0.354 e. The van der Waals surface area contributed by atoms with Gasteiger partial charge in [-0.2, -0.15) is 17.5 Å². The summed E-state index contributed by atoms with van der Waals surface area (Å²) in [4.78, 5) is 8.05. The van der Waals surface area contributed by atoms with Crippen molar-refractivity contribution in [2.24, 2.45) is 5.92 Å². The molecule has 4 rings (SSSR count). The average molecular weight is 476 g/mol. The van der Waals surface area contributed by atoms with Crippen LogP contribution in [0.15, 0.2) is 18.3 Å². The van der Waals surface area contributed by atoms with Crippen molar-refractivity contribution < 1.29 is 21.6 Å². The number of alkyl halides is 3. The van der Waals surface area contributed by atoms with Crippen molar-refractivity contribution in [3.63, 3.8) is 0 Å². The van der Waals surface area contributed by atoms with Gasteiger partial charge in [0.05, 0.1) is 10.8 Å². The highest BCUT2D eigenvalue weighted by Gasteiger charge is 2.39. The number of nitrogens with one attached hydrogen (secondary N) is 1. The van der Waals surface area contributed by atoms with Gasteiger partial charge in [0, 0.05) is 38.9 Å². The lowest BCUT2D eigenvalue weighted by atomic mass is 9.94. The number of rotatable bonds is 6. The van der Waals surface area contributed by atoms with Crippen molar-refractivity contribution >= 4 is 15.8 Å². The van der Waals surface area contributed by atoms with Crippen LogP contribution in [0.5, 0.6) is 0 Å². The molecule has 7 nitrogen and oxygen atoms in total. The molecule has 11 heteroatoms. The second kappa shape index (κ2) is 9.82. The highest BCUT2D eigenvalue weighted by molar-refractivity contribution is 7.89. The molecule has 3 aliphatic heterocycles. The van der Waals surface area contributed by atoms with Crippen LogP contribution in [0.3, 0.4) is 0 Å². The largest absolute Gasteiger partial charge is 0.416 e. The van der Waals surface area contributed by atoms with Crippen LogP contribution in [-0.4, -0.2) is 86.8 Å². The molecule has 4 heterocycles. The van der Waals surface area contributed by atoms with Crippen molar-refractivity contribution in [3.05, 3.63) is 23.9 Å². The molecule has 180 valence electrons. The number of hydrogen-bond donors (Lipinski definition) is 1. The van der Waals surface area contributed by atoms with E-state index in [9.17, 15) is 21.6 Å². The molecule has 0 spiro atoms. The van der Waals surface area contributed by atoms with E-state index in [2.05, 4.69) is 15.2 Å². The van der Waals surface area contributed by atoms with Crippen molar-refractivity contribution in [2.45, 2.75) is 37.1 Å². The molecular weight excluding hydrogens is 443 g/mol. The van der Waals surface area contributed by atoms with Gasteiger partial charge in [-0.1, -0.05) is 0 Å². The summed E-state index contributed by atoms with van der Waals surface area (Å²) in [5.41, 5.74) is -0.743. The number of nitrogens with zero attached hydrogens (tertiary/aromatic N) is 4. The molecule has 32 heavy (non-hydrogen) atoms. The third-order valence-corrected chi connectivity index (χ3v) is 9.27. The monoisotopic (exact) mass is 475 g/mol. The number of aromatic nitrogens is 1. The minimum absolute atomic E-state index is 0.238. The SMILES string of the molecule is O=S(=O)(C1CCN(CCC2CCNCC2)C1)N1CCN(c2cc(C(F)(F)F)ccn2)CC1. The first-order valence-corrected chi connectivity index (χ1v) is 12.9. The highest BCUT2D eigenvalue weighted by atomic mass is 32.2. The van der Waals surface area contributed by atoms with E-state index in [1.807, 2.05) is 0 Å². The number of sulfonamides is 1. The standard InChI is InChI=1S/C21H32F3N5O2S/c22-21(23,24)18-3-8-26-20(15-18)28-11-13-29(14-12-28)32(30,31)19-5-10-27(16-19)9-4-17-1-6-25-7-2-17/h3,8,15,17,19,25H,1-2,4-7,9-14,16H2. The Morgan fingerprint density at radius 3 is 2.47 bits per heavy atom. The molecule has 0 bridgehead atoms. The van der Waals surface area contributed by atoms with Crippen LogP contribution in [0.1, 0.15) is 31.2 Å². The quantitative estimate of drug-likeness (QED) is 0.679. The summed E-state index contributed by atoms with van der Waals surface area (Å²) in [6, 6.07) is 1.97. The van der Waals surface area contributed by atoms with Crippen molar-refractivity contribution in [3.8, 4) is 0 Å². The molecule has 1 N–H and O–H groups in total. The molecule has 1 atom stereocenters. The number of pyridine rings is 1. The van der Waals surface area contributed by atoms with Crippen LogP contribution >= 0.6 is 0 Å². The minimum atomic E-state index is -4.43. The van der Waals surface area contributed by atoms with E-state index in [1.54, 1.807) is 4.90 Å². The Kier molecular flexibility index (Phi) is 7.28.